The second kappa shape index (κ2) is 12.0. The lowest BCUT2D eigenvalue weighted by atomic mass is 9.93. The molecule has 0 bridgehead atoms. The Balaban J connectivity index is 1.11. The standard InChI is InChI=1S/C28H37ClN6O4S/c1-19-15-34(11-12-35(19)26(37)28(2,3)4)24-14-23(29)30-27(31-24)40-17-25(36)33-9-7-32(8-10-33)16-20-5-6-21-22(13-20)39-18-38-21/h5-6,13-14,19H,7-12,15-18H2,1-4H3. The Kier molecular flexibility index (Phi) is 8.63. The molecule has 0 aliphatic carbocycles. The van der Waals surface area contributed by atoms with Crippen LogP contribution in [-0.4, -0.2) is 101 Å². The Labute approximate surface area is 244 Å². The summed E-state index contributed by atoms with van der Waals surface area (Å²) in [5, 5.41) is 0.830. The van der Waals surface area contributed by atoms with Crippen LogP contribution in [0.1, 0.15) is 33.3 Å². The monoisotopic (exact) mass is 588 g/mol. The van der Waals surface area contributed by atoms with Crippen LogP contribution in [0.15, 0.2) is 29.4 Å². The van der Waals surface area contributed by atoms with Crippen molar-refractivity contribution in [1.29, 1.82) is 0 Å². The van der Waals surface area contributed by atoms with E-state index in [1.807, 2.05) is 42.7 Å². The Morgan fingerprint density at radius 3 is 2.50 bits per heavy atom. The number of ether oxygens (including phenoxy) is 2. The summed E-state index contributed by atoms with van der Waals surface area (Å²) >= 11 is 7.66. The van der Waals surface area contributed by atoms with Gasteiger partial charge in [0.1, 0.15) is 11.0 Å². The Morgan fingerprint density at radius 1 is 1.02 bits per heavy atom. The van der Waals surface area contributed by atoms with Crippen molar-refractivity contribution >= 4 is 41.0 Å². The molecule has 1 unspecified atom stereocenters. The predicted molar refractivity (Wildman–Crippen MR) is 155 cm³/mol. The van der Waals surface area contributed by atoms with Gasteiger partial charge in [-0.3, -0.25) is 14.5 Å². The first-order valence-electron chi connectivity index (χ1n) is 13.7. The lowest BCUT2D eigenvalue weighted by Gasteiger charge is -2.42. The fourth-order valence-corrected chi connectivity index (χ4v) is 6.16. The van der Waals surface area contributed by atoms with Gasteiger partial charge >= 0.3 is 0 Å². The van der Waals surface area contributed by atoms with Gasteiger partial charge in [-0.25, -0.2) is 9.97 Å². The van der Waals surface area contributed by atoms with E-state index in [1.165, 1.54) is 17.3 Å². The quantitative estimate of drug-likeness (QED) is 0.286. The molecule has 0 N–H and O–H groups in total. The van der Waals surface area contributed by atoms with Crippen LogP contribution < -0.4 is 14.4 Å². The molecule has 216 valence electrons. The zero-order valence-electron chi connectivity index (χ0n) is 23.6. The molecular weight excluding hydrogens is 552 g/mol. The number of amides is 2. The maximum absolute atomic E-state index is 13.0. The largest absolute Gasteiger partial charge is 0.454 e. The predicted octanol–water partition coefficient (Wildman–Crippen LogP) is 3.38. The van der Waals surface area contributed by atoms with E-state index in [-0.39, 0.29) is 30.4 Å². The molecule has 2 amide bonds. The summed E-state index contributed by atoms with van der Waals surface area (Å²) in [6.07, 6.45) is 0. The molecule has 1 atom stereocenters. The van der Waals surface area contributed by atoms with E-state index in [0.29, 0.717) is 43.0 Å². The van der Waals surface area contributed by atoms with Crippen molar-refractivity contribution in [3.8, 4) is 11.5 Å². The maximum atomic E-state index is 13.0. The first kappa shape index (κ1) is 28.8. The van der Waals surface area contributed by atoms with E-state index in [2.05, 4.69) is 27.8 Å². The number of nitrogens with zero attached hydrogens (tertiary/aromatic N) is 6. The van der Waals surface area contributed by atoms with Gasteiger partial charge in [0, 0.05) is 69.9 Å². The summed E-state index contributed by atoms with van der Waals surface area (Å²) in [5.41, 5.74) is 0.759. The van der Waals surface area contributed by atoms with Crippen molar-refractivity contribution in [2.75, 3.05) is 63.3 Å². The normalized spacial score (nSPS) is 19.7. The fraction of sp³-hybridized carbons (Fsp3) is 0.571. The SMILES string of the molecule is CC1CN(c2cc(Cl)nc(SCC(=O)N3CCN(Cc4ccc5c(c4)OCO5)CC3)n2)CCN1C(=O)C(C)(C)C. The van der Waals surface area contributed by atoms with Crippen LogP contribution in [0.25, 0.3) is 0 Å². The topological polar surface area (TPSA) is 91.3 Å². The van der Waals surface area contributed by atoms with Crippen molar-refractivity contribution in [2.45, 2.75) is 45.4 Å². The van der Waals surface area contributed by atoms with Gasteiger partial charge in [0.05, 0.1) is 5.75 Å². The molecule has 0 radical (unpaired) electrons. The van der Waals surface area contributed by atoms with Crippen molar-refractivity contribution in [2.24, 2.45) is 5.41 Å². The number of piperazine rings is 2. The first-order valence-corrected chi connectivity index (χ1v) is 15.1. The summed E-state index contributed by atoms with van der Waals surface area (Å²) in [7, 11) is 0. The van der Waals surface area contributed by atoms with E-state index in [4.69, 9.17) is 26.1 Å². The summed E-state index contributed by atoms with van der Waals surface area (Å²) < 4.78 is 10.9. The van der Waals surface area contributed by atoms with Crippen molar-refractivity contribution in [1.82, 2.24) is 24.7 Å². The van der Waals surface area contributed by atoms with Crippen LogP contribution in [-0.2, 0) is 16.1 Å². The number of anilines is 1. The number of halogens is 1. The third kappa shape index (κ3) is 6.75. The van der Waals surface area contributed by atoms with Crippen LogP contribution >= 0.6 is 23.4 Å². The highest BCUT2D eigenvalue weighted by atomic mass is 35.5. The first-order chi connectivity index (χ1) is 19.1. The molecule has 3 aliphatic rings. The molecule has 1 aromatic carbocycles. The Hall–Kier alpha value is -2.76. The molecule has 0 saturated carbocycles. The highest BCUT2D eigenvalue weighted by Crippen LogP contribution is 2.33. The van der Waals surface area contributed by atoms with Crippen LogP contribution in [0.4, 0.5) is 5.82 Å². The number of rotatable bonds is 6. The highest BCUT2D eigenvalue weighted by molar-refractivity contribution is 7.99. The van der Waals surface area contributed by atoms with Gasteiger partial charge in [-0.15, -0.1) is 0 Å². The van der Waals surface area contributed by atoms with Crippen molar-refractivity contribution in [3.63, 3.8) is 0 Å². The molecule has 0 spiro atoms. The van der Waals surface area contributed by atoms with Gasteiger partial charge in [-0.2, -0.15) is 0 Å². The number of hydrogen-bond acceptors (Lipinski definition) is 9. The third-order valence-electron chi connectivity index (χ3n) is 7.41. The van der Waals surface area contributed by atoms with E-state index in [9.17, 15) is 9.59 Å². The summed E-state index contributed by atoms with van der Waals surface area (Å²) in [5.74, 6) is 2.79. The van der Waals surface area contributed by atoms with Gasteiger partial charge in [-0.05, 0) is 24.6 Å². The second-order valence-corrected chi connectivity index (χ2v) is 12.8. The molecular formula is C28H37ClN6O4S. The average Bonchev–Trinajstić information content (AvgIpc) is 3.39. The van der Waals surface area contributed by atoms with Crippen LogP contribution in [0.3, 0.4) is 0 Å². The summed E-state index contributed by atoms with van der Waals surface area (Å²) in [4.78, 5) is 43.2. The van der Waals surface area contributed by atoms with Gasteiger partial charge in [-0.1, -0.05) is 50.2 Å². The van der Waals surface area contributed by atoms with Crippen LogP contribution in [0, 0.1) is 5.41 Å². The smallest absolute Gasteiger partial charge is 0.233 e. The van der Waals surface area contributed by atoms with Gasteiger partial charge in [0.25, 0.3) is 0 Å². The minimum atomic E-state index is -0.412. The summed E-state index contributed by atoms with van der Waals surface area (Å²) in [6, 6.07) is 7.85. The third-order valence-corrected chi connectivity index (χ3v) is 8.43. The molecule has 10 nitrogen and oxygen atoms in total. The van der Waals surface area contributed by atoms with E-state index in [0.717, 1.165) is 37.0 Å². The van der Waals surface area contributed by atoms with Crippen LogP contribution in [0.2, 0.25) is 5.15 Å². The van der Waals surface area contributed by atoms with E-state index < -0.39 is 5.41 Å². The zero-order valence-corrected chi connectivity index (χ0v) is 25.1. The molecule has 5 rings (SSSR count). The van der Waals surface area contributed by atoms with Crippen molar-refractivity contribution < 1.29 is 19.1 Å². The molecule has 2 aromatic rings. The lowest BCUT2D eigenvalue weighted by Crippen LogP contribution is -2.56. The number of benzene rings is 1. The van der Waals surface area contributed by atoms with E-state index >= 15 is 0 Å². The number of fused-ring (bicyclic) bond motifs is 1. The van der Waals surface area contributed by atoms with Gasteiger partial charge < -0.3 is 24.2 Å². The highest BCUT2D eigenvalue weighted by Gasteiger charge is 2.34. The minimum absolute atomic E-state index is 0.0515. The van der Waals surface area contributed by atoms with Crippen LogP contribution in [0.5, 0.6) is 11.5 Å². The Morgan fingerprint density at radius 2 is 1.77 bits per heavy atom. The zero-order chi connectivity index (χ0) is 28.4. The van der Waals surface area contributed by atoms with E-state index in [1.54, 1.807) is 6.07 Å². The fourth-order valence-electron chi connectivity index (χ4n) is 5.18. The van der Waals surface area contributed by atoms with Crippen molar-refractivity contribution in [3.05, 3.63) is 35.0 Å². The summed E-state index contributed by atoms with van der Waals surface area (Å²) in [6.45, 7) is 13.9. The number of aromatic nitrogens is 2. The number of hydrogen-bond donors (Lipinski definition) is 0. The number of carbonyl (C=O) groups is 2. The molecule has 2 fully saturated rings. The van der Waals surface area contributed by atoms with Gasteiger partial charge in [0.15, 0.2) is 16.7 Å². The second-order valence-electron chi connectivity index (χ2n) is 11.5. The molecule has 2 saturated heterocycles. The molecule has 1 aromatic heterocycles. The lowest BCUT2D eigenvalue weighted by molar-refractivity contribution is -0.142. The average molecular weight is 589 g/mol. The molecule has 40 heavy (non-hydrogen) atoms. The minimum Gasteiger partial charge on any atom is -0.454 e. The number of carbonyl (C=O) groups excluding carboxylic acids is 2. The van der Waals surface area contributed by atoms with Gasteiger partial charge in [0.2, 0.25) is 18.6 Å². The number of thioether (sulfide) groups is 1. The molecule has 3 aliphatic heterocycles. The maximum Gasteiger partial charge on any atom is 0.233 e. The Bertz CT molecular complexity index is 1250. The molecule has 4 heterocycles. The molecule has 12 heteroatoms.